The summed E-state index contributed by atoms with van der Waals surface area (Å²) < 4.78 is 44.4. The Morgan fingerprint density at radius 3 is 2.08 bits per heavy atom. The van der Waals surface area contributed by atoms with Gasteiger partial charge < -0.3 is 61.6 Å². The molecule has 1 aromatic carbocycles. The molecule has 1 aromatic rings. The summed E-state index contributed by atoms with van der Waals surface area (Å²) >= 11 is 0. The van der Waals surface area contributed by atoms with Gasteiger partial charge >= 0.3 is 16.4 Å². The number of nitrogens with one attached hydrogen (secondary N) is 5. The SMILES string of the molecule is O=C(CCNC(=O)[C@H](CCC(=O)NCCC(=O)Nc1cc(CO)ccc1O[C@@H]1O[C@H](C(=O)O)[C@@H](O)[C@H](O)[C@H]1O)NC(=O)CCN1C(=O)C=CC1=O)NCCOS(=O)(=O)O. The Morgan fingerprint density at radius 1 is 0.814 bits per heavy atom. The number of carboxylic acids is 1. The van der Waals surface area contributed by atoms with Crippen LogP contribution in [0.5, 0.6) is 5.75 Å². The minimum atomic E-state index is -4.71. The second-order valence-corrected chi connectivity index (χ2v) is 13.8. The second-order valence-electron chi connectivity index (χ2n) is 12.7. The topological polar surface area (TPSA) is 383 Å². The first kappa shape index (κ1) is 47.8. The zero-order valence-corrected chi connectivity index (χ0v) is 31.8. The fraction of sp³-hybridized carbons (Fsp3) is 0.515. The van der Waals surface area contributed by atoms with Crippen molar-refractivity contribution in [2.45, 2.75) is 75.5 Å². The Hall–Kier alpha value is -5.61. The van der Waals surface area contributed by atoms with Crippen molar-refractivity contribution in [2.24, 2.45) is 0 Å². The Morgan fingerprint density at radius 2 is 1.44 bits per heavy atom. The summed E-state index contributed by atoms with van der Waals surface area (Å²) in [6.07, 6.45) is -9.33. The normalized spacial score (nSPS) is 20.7. The van der Waals surface area contributed by atoms with Crippen LogP contribution in [0.3, 0.4) is 0 Å². The number of benzene rings is 1. The van der Waals surface area contributed by atoms with E-state index in [2.05, 4.69) is 30.8 Å². The fourth-order valence-electron chi connectivity index (χ4n) is 5.29. The van der Waals surface area contributed by atoms with Gasteiger partial charge in [0.15, 0.2) is 6.10 Å². The van der Waals surface area contributed by atoms with Crippen molar-refractivity contribution in [1.29, 1.82) is 0 Å². The van der Waals surface area contributed by atoms with Crippen molar-refractivity contribution in [3.8, 4) is 5.75 Å². The number of carboxylic acid groups (broad SMARTS) is 1. The molecule has 26 heteroatoms. The third kappa shape index (κ3) is 15.6. The third-order valence-corrected chi connectivity index (χ3v) is 8.78. The molecule has 326 valence electrons. The average molecular weight is 861 g/mol. The van der Waals surface area contributed by atoms with Crippen LogP contribution in [0, 0.1) is 0 Å². The molecule has 2 aliphatic rings. The number of imide groups is 1. The number of anilines is 1. The molecule has 25 nitrogen and oxygen atoms in total. The third-order valence-electron chi connectivity index (χ3n) is 8.31. The predicted molar refractivity (Wildman–Crippen MR) is 193 cm³/mol. The van der Waals surface area contributed by atoms with Crippen LogP contribution in [0.4, 0.5) is 5.69 Å². The van der Waals surface area contributed by atoms with E-state index in [0.717, 1.165) is 17.1 Å². The molecule has 2 aliphatic heterocycles. The number of hydrogen-bond donors (Lipinski definition) is 11. The lowest BCUT2D eigenvalue weighted by molar-refractivity contribution is -0.271. The average Bonchev–Trinajstić information content (AvgIpc) is 3.49. The number of ether oxygens (including phenoxy) is 2. The van der Waals surface area contributed by atoms with E-state index < -0.39 is 114 Å². The van der Waals surface area contributed by atoms with Crippen molar-refractivity contribution in [1.82, 2.24) is 26.2 Å². The lowest BCUT2D eigenvalue weighted by Crippen LogP contribution is -2.61. The van der Waals surface area contributed by atoms with E-state index in [1.807, 2.05) is 0 Å². The van der Waals surface area contributed by atoms with Crippen LogP contribution in [0.25, 0.3) is 0 Å². The Bertz CT molecular complexity index is 1860. The number of carbonyl (C=O) groups is 8. The summed E-state index contributed by atoms with van der Waals surface area (Å²) in [5, 5.41) is 61.3. The van der Waals surface area contributed by atoms with Gasteiger partial charge in [0, 0.05) is 64.0 Å². The monoisotopic (exact) mass is 860 g/mol. The number of amides is 7. The maximum Gasteiger partial charge on any atom is 0.397 e. The van der Waals surface area contributed by atoms with Gasteiger partial charge in [-0.1, -0.05) is 6.07 Å². The van der Waals surface area contributed by atoms with Crippen molar-refractivity contribution in [3.05, 3.63) is 35.9 Å². The Balaban J connectivity index is 1.54. The first-order chi connectivity index (χ1) is 27.8. The lowest BCUT2D eigenvalue weighted by atomic mass is 9.99. The maximum absolute atomic E-state index is 13.0. The van der Waals surface area contributed by atoms with Gasteiger partial charge in [-0.2, -0.15) is 8.42 Å². The summed E-state index contributed by atoms with van der Waals surface area (Å²) in [5.41, 5.74) is 0.205. The maximum atomic E-state index is 13.0. The number of hydrogen-bond acceptors (Lipinski definition) is 17. The van der Waals surface area contributed by atoms with E-state index in [1.54, 1.807) is 0 Å². The zero-order valence-electron chi connectivity index (χ0n) is 31.0. The van der Waals surface area contributed by atoms with Gasteiger partial charge in [-0.25, -0.2) is 8.98 Å². The van der Waals surface area contributed by atoms with Gasteiger partial charge in [0.05, 0.1) is 18.9 Å². The number of rotatable bonds is 23. The lowest BCUT2D eigenvalue weighted by Gasteiger charge is -2.38. The first-order valence-corrected chi connectivity index (χ1v) is 19.0. The quantitative estimate of drug-likeness (QED) is 0.0278. The summed E-state index contributed by atoms with van der Waals surface area (Å²) in [6.45, 7) is -2.15. The highest BCUT2D eigenvalue weighted by molar-refractivity contribution is 7.80. The van der Waals surface area contributed by atoms with E-state index in [1.165, 1.54) is 18.2 Å². The standard InChI is InChI=1S/C33H44N6O19S/c40-16-17-1-3-20(57-33-29(49)27(47)28(48)30(58-33)32(51)52)19(15-17)38-23(43)8-10-34-21(41)4-2-18(37-24(44)9-13-39-25(45)5-6-26(39)46)31(50)36-11-7-22(42)35-12-14-56-59(53,54)55/h1,3,5-6,15,18,27-30,33,40,47-49H,2,4,7-14,16H2,(H,34,41)(H,35,42)(H,36,50)(H,37,44)(H,38,43)(H,51,52)(H,53,54,55)/t18-,27-,28-,29+,30-,33+/m0/s1. The highest BCUT2D eigenvalue weighted by atomic mass is 32.3. The van der Waals surface area contributed by atoms with Crippen molar-refractivity contribution in [2.75, 3.05) is 38.1 Å². The van der Waals surface area contributed by atoms with Crippen molar-refractivity contribution < 1.29 is 90.5 Å². The van der Waals surface area contributed by atoms with Crippen molar-refractivity contribution >= 4 is 63.4 Å². The van der Waals surface area contributed by atoms with Gasteiger partial charge in [0.25, 0.3) is 11.8 Å². The van der Waals surface area contributed by atoms with Gasteiger partial charge in [0.2, 0.25) is 35.8 Å². The molecule has 59 heavy (non-hydrogen) atoms. The predicted octanol–water partition coefficient (Wildman–Crippen LogP) is -5.08. The molecule has 7 amide bonds. The van der Waals surface area contributed by atoms with Crippen LogP contribution in [-0.2, 0) is 64.3 Å². The minimum absolute atomic E-state index is 0.0841. The van der Waals surface area contributed by atoms with Gasteiger partial charge in [-0.05, 0) is 24.1 Å². The van der Waals surface area contributed by atoms with Gasteiger partial charge in [-0.3, -0.25) is 43.0 Å². The number of nitrogens with zero attached hydrogens (tertiary/aromatic N) is 1. The number of carbonyl (C=O) groups excluding carboxylic acids is 7. The summed E-state index contributed by atoms with van der Waals surface area (Å²) in [7, 11) is -4.71. The molecule has 0 aliphatic carbocycles. The fourth-order valence-corrected chi connectivity index (χ4v) is 5.58. The van der Waals surface area contributed by atoms with Crippen LogP contribution in [0.1, 0.15) is 37.7 Å². The molecule has 0 spiro atoms. The van der Waals surface area contributed by atoms with E-state index in [-0.39, 0.29) is 68.9 Å². The molecule has 11 N–H and O–H groups in total. The highest BCUT2D eigenvalue weighted by Crippen LogP contribution is 2.31. The molecule has 0 unspecified atom stereocenters. The van der Waals surface area contributed by atoms with Gasteiger partial charge in [-0.15, -0.1) is 0 Å². The van der Waals surface area contributed by atoms with Crippen LogP contribution in [-0.4, -0.2) is 160 Å². The summed E-state index contributed by atoms with van der Waals surface area (Å²) in [6, 6.07) is 2.55. The van der Waals surface area contributed by atoms with Crippen LogP contribution in [0.2, 0.25) is 0 Å². The second kappa shape index (κ2) is 22.5. The Kier molecular flexibility index (Phi) is 18.2. The first-order valence-electron chi connectivity index (χ1n) is 17.7. The molecule has 0 saturated carbocycles. The smallest absolute Gasteiger partial charge is 0.397 e. The molecule has 1 fully saturated rings. The van der Waals surface area contributed by atoms with E-state index in [4.69, 9.17) is 14.0 Å². The van der Waals surface area contributed by atoms with E-state index in [0.29, 0.717) is 0 Å². The highest BCUT2D eigenvalue weighted by Gasteiger charge is 2.48. The van der Waals surface area contributed by atoms with E-state index >= 15 is 0 Å². The molecule has 0 radical (unpaired) electrons. The molecular formula is C33H44N6O19S. The molecule has 6 atom stereocenters. The van der Waals surface area contributed by atoms with Crippen LogP contribution < -0.4 is 31.3 Å². The minimum Gasteiger partial charge on any atom is -0.479 e. The summed E-state index contributed by atoms with van der Waals surface area (Å²) in [5.74, 6) is -6.71. The molecule has 1 saturated heterocycles. The molecule has 3 rings (SSSR count). The molecule has 0 aromatic heterocycles. The number of aliphatic hydroxyl groups is 4. The number of aliphatic carboxylic acids is 1. The number of aliphatic hydroxyl groups excluding tert-OH is 4. The molecule has 2 heterocycles. The van der Waals surface area contributed by atoms with Gasteiger partial charge in [0.1, 0.15) is 30.1 Å². The summed E-state index contributed by atoms with van der Waals surface area (Å²) in [4.78, 5) is 99.2. The van der Waals surface area contributed by atoms with E-state index in [9.17, 15) is 72.3 Å². The molecule has 0 bridgehead atoms. The Labute approximate surface area is 335 Å². The van der Waals surface area contributed by atoms with Crippen LogP contribution in [0.15, 0.2) is 30.4 Å². The zero-order chi connectivity index (χ0) is 43.9. The largest absolute Gasteiger partial charge is 0.479 e. The van der Waals surface area contributed by atoms with Crippen molar-refractivity contribution in [3.63, 3.8) is 0 Å². The van der Waals surface area contributed by atoms with Crippen LogP contribution >= 0.6 is 0 Å². The molecular weight excluding hydrogens is 816 g/mol.